The largest absolute Gasteiger partial charge is 0.385 e. The van der Waals surface area contributed by atoms with Gasteiger partial charge in [-0.1, -0.05) is 0 Å². The third kappa shape index (κ3) is 6.89. The van der Waals surface area contributed by atoms with Crippen molar-refractivity contribution in [1.29, 1.82) is 5.26 Å². The van der Waals surface area contributed by atoms with Gasteiger partial charge in [0.2, 0.25) is 5.91 Å². The molecule has 2 aliphatic rings. The average Bonchev–Trinajstić information content (AvgIpc) is 3.47. The van der Waals surface area contributed by atoms with Crippen LogP contribution in [0, 0.1) is 11.3 Å². The summed E-state index contributed by atoms with van der Waals surface area (Å²) in [7, 11) is 3.39. The van der Waals surface area contributed by atoms with Gasteiger partial charge in [0, 0.05) is 51.7 Å². The number of nitrogens with one attached hydrogen (secondary N) is 1. The van der Waals surface area contributed by atoms with Crippen molar-refractivity contribution in [3.63, 3.8) is 0 Å². The van der Waals surface area contributed by atoms with Crippen molar-refractivity contribution in [2.24, 2.45) is 0 Å². The van der Waals surface area contributed by atoms with E-state index in [-0.39, 0.29) is 30.2 Å². The van der Waals surface area contributed by atoms with Crippen LogP contribution < -0.4 is 10.2 Å². The number of amides is 3. The summed E-state index contributed by atoms with van der Waals surface area (Å²) >= 11 is 0. The molecule has 0 bridgehead atoms. The number of nitrogens with zero attached hydrogens (tertiary/aromatic N) is 6. The number of aryl methyl sites for hydroxylation is 2. The van der Waals surface area contributed by atoms with E-state index in [1.165, 1.54) is 11.1 Å². The number of methoxy groups -OCH3 is 1. The van der Waals surface area contributed by atoms with E-state index in [0.717, 1.165) is 43.4 Å². The molecule has 0 saturated carbocycles. The number of likely N-dealkylation sites (N-methyl/N-ethyl adjacent to an activating group) is 1. The fourth-order valence-electron chi connectivity index (χ4n) is 5.70. The maximum absolute atomic E-state index is 13.3. The minimum Gasteiger partial charge on any atom is -0.385 e. The van der Waals surface area contributed by atoms with E-state index >= 15 is 0 Å². The topological polar surface area (TPSA) is 132 Å². The Balaban J connectivity index is 1.51. The Kier molecular flexibility index (Phi) is 10.0. The summed E-state index contributed by atoms with van der Waals surface area (Å²) in [6, 6.07) is 5.48. The molecule has 11 nitrogen and oxygen atoms in total. The number of likely N-dealkylation sites (tertiary alicyclic amines) is 1. The zero-order valence-electron chi connectivity index (χ0n) is 24.4. The molecule has 1 saturated heterocycles. The Morgan fingerprint density at radius 2 is 2.07 bits per heavy atom. The van der Waals surface area contributed by atoms with Gasteiger partial charge in [0.05, 0.1) is 11.6 Å². The molecule has 3 amide bonds. The highest BCUT2D eigenvalue weighted by Crippen LogP contribution is 2.29. The summed E-state index contributed by atoms with van der Waals surface area (Å²) in [5.74, 6) is 0.816. The van der Waals surface area contributed by atoms with Crippen LogP contribution in [-0.2, 0) is 28.9 Å². The first-order valence-corrected chi connectivity index (χ1v) is 14.2. The SMILES string of the molecule is COCCCc1cc(NC(=O)N2CCCc3cc(CN(C)C(=O)[C@H]4CCCN4C(C)C)c(C=O)nc32)ncc1C#N. The number of rotatable bonds is 10. The number of ether oxygens (including phenoxy) is 1. The minimum absolute atomic E-state index is 0.0447. The van der Waals surface area contributed by atoms with Gasteiger partial charge in [-0.2, -0.15) is 5.26 Å². The number of anilines is 2. The van der Waals surface area contributed by atoms with Gasteiger partial charge < -0.3 is 9.64 Å². The zero-order chi connectivity index (χ0) is 29.5. The van der Waals surface area contributed by atoms with Crippen LogP contribution in [-0.4, -0.2) is 83.9 Å². The smallest absolute Gasteiger partial charge is 0.328 e. The van der Waals surface area contributed by atoms with Crippen LogP contribution in [0.5, 0.6) is 0 Å². The molecule has 4 heterocycles. The van der Waals surface area contributed by atoms with Crippen LogP contribution in [0.3, 0.4) is 0 Å². The molecule has 1 N–H and O–H groups in total. The lowest BCUT2D eigenvalue weighted by Gasteiger charge is -2.31. The Bertz CT molecular complexity index is 1320. The molecule has 41 heavy (non-hydrogen) atoms. The lowest BCUT2D eigenvalue weighted by Crippen LogP contribution is -2.46. The molecule has 1 atom stereocenters. The van der Waals surface area contributed by atoms with Gasteiger partial charge >= 0.3 is 6.03 Å². The highest BCUT2D eigenvalue weighted by atomic mass is 16.5. The van der Waals surface area contributed by atoms with Gasteiger partial charge in [-0.25, -0.2) is 14.8 Å². The number of aldehydes is 1. The van der Waals surface area contributed by atoms with E-state index in [2.05, 4.69) is 40.1 Å². The number of carbonyl (C=O) groups is 3. The van der Waals surface area contributed by atoms with Crippen molar-refractivity contribution in [2.45, 2.75) is 71.0 Å². The molecule has 2 aromatic rings. The highest BCUT2D eigenvalue weighted by Gasteiger charge is 2.34. The van der Waals surface area contributed by atoms with E-state index in [4.69, 9.17) is 4.74 Å². The van der Waals surface area contributed by atoms with E-state index in [9.17, 15) is 19.6 Å². The first-order chi connectivity index (χ1) is 19.8. The van der Waals surface area contributed by atoms with Crippen molar-refractivity contribution in [1.82, 2.24) is 19.8 Å². The third-order valence-corrected chi connectivity index (χ3v) is 7.80. The number of urea groups is 1. The van der Waals surface area contributed by atoms with E-state index in [0.29, 0.717) is 55.0 Å². The Morgan fingerprint density at radius 1 is 1.27 bits per heavy atom. The molecule has 0 radical (unpaired) electrons. The molecule has 0 spiro atoms. The number of hydrogen-bond donors (Lipinski definition) is 1. The second-order valence-electron chi connectivity index (χ2n) is 10.9. The van der Waals surface area contributed by atoms with E-state index in [1.54, 1.807) is 25.1 Å². The number of nitriles is 1. The van der Waals surface area contributed by atoms with Crippen molar-refractivity contribution in [3.8, 4) is 6.07 Å². The lowest BCUT2D eigenvalue weighted by molar-refractivity contribution is -0.135. The predicted octanol–water partition coefficient (Wildman–Crippen LogP) is 3.56. The summed E-state index contributed by atoms with van der Waals surface area (Å²) in [5, 5.41) is 12.3. The van der Waals surface area contributed by atoms with Crippen LogP contribution in [0.2, 0.25) is 0 Å². The van der Waals surface area contributed by atoms with Gasteiger partial charge in [-0.05, 0) is 82.2 Å². The first-order valence-electron chi connectivity index (χ1n) is 14.2. The van der Waals surface area contributed by atoms with Gasteiger partial charge in [0.25, 0.3) is 0 Å². The molecule has 0 aliphatic carbocycles. The number of fused-ring (bicyclic) bond motifs is 1. The van der Waals surface area contributed by atoms with Crippen molar-refractivity contribution in [2.75, 3.05) is 44.1 Å². The maximum atomic E-state index is 13.3. The Labute approximate surface area is 241 Å². The molecule has 0 unspecified atom stereocenters. The number of pyridine rings is 2. The van der Waals surface area contributed by atoms with Gasteiger partial charge in [-0.3, -0.25) is 24.7 Å². The molecule has 218 valence electrons. The molecular weight excluding hydrogens is 522 g/mol. The molecule has 0 aromatic carbocycles. The number of aromatic nitrogens is 2. The van der Waals surface area contributed by atoms with Crippen LogP contribution >= 0.6 is 0 Å². The van der Waals surface area contributed by atoms with Crippen molar-refractivity contribution < 1.29 is 19.1 Å². The van der Waals surface area contributed by atoms with Crippen LogP contribution in [0.25, 0.3) is 0 Å². The fourth-order valence-corrected chi connectivity index (χ4v) is 5.70. The summed E-state index contributed by atoms with van der Waals surface area (Å²) in [6.07, 6.45) is 6.76. The summed E-state index contributed by atoms with van der Waals surface area (Å²) in [5.41, 5.74) is 2.98. The van der Waals surface area contributed by atoms with Crippen molar-refractivity contribution >= 4 is 29.9 Å². The summed E-state index contributed by atoms with van der Waals surface area (Å²) < 4.78 is 5.11. The average molecular weight is 562 g/mol. The fraction of sp³-hybridized carbons (Fsp3) is 0.533. The van der Waals surface area contributed by atoms with Gasteiger partial charge in [0.15, 0.2) is 6.29 Å². The lowest BCUT2D eigenvalue weighted by atomic mass is 10.0. The summed E-state index contributed by atoms with van der Waals surface area (Å²) in [4.78, 5) is 53.0. The second-order valence-corrected chi connectivity index (χ2v) is 10.9. The quantitative estimate of drug-likeness (QED) is 0.344. The van der Waals surface area contributed by atoms with Gasteiger partial charge in [0.1, 0.15) is 23.4 Å². The molecule has 4 rings (SSSR count). The number of hydrogen-bond acceptors (Lipinski definition) is 8. The number of carbonyl (C=O) groups excluding carboxylic acids is 3. The summed E-state index contributed by atoms with van der Waals surface area (Å²) in [6.45, 7) is 6.38. The van der Waals surface area contributed by atoms with Gasteiger partial charge in [-0.15, -0.1) is 0 Å². The molecule has 1 fully saturated rings. The van der Waals surface area contributed by atoms with E-state index in [1.807, 2.05) is 6.07 Å². The predicted molar refractivity (Wildman–Crippen MR) is 155 cm³/mol. The van der Waals surface area contributed by atoms with E-state index < -0.39 is 6.03 Å². The Morgan fingerprint density at radius 3 is 2.78 bits per heavy atom. The minimum atomic E-state index is -0.412. The molecule has 11 heteroatoms. The molecule has 2 aliphatic heterocycles. The second kappa shape index (κ2) is 13.7. The van der Waals surface area contributed by atoms with Crippen LogP contribution in [0.4, 0.5) is 16.4 Å². The maximum Gasteiger partial charge on any atom is 0.328 e. The molecular formula is C30H39N7O4. The third-order valence-electron chi connectivity index (χ3n) is 7.80. The van der Waals surface area contributed by atoms with Crippen LogP contribution in [0.1, 0.15) is 72.3 Å². The highest BCUT2D eigenvalue weighted by molar-refractivity contribution is 6.01. The normalized spacial score (nSPS) is 16.8. The van der Waals surface area contributed by atoms with Crippen LogP contribution in [0.15, 0.2) is 18.3 Å². The van der Waals surface area contributed by atoms with Crippen molar-refractivity contribution in [3.05, 3.63) is 46.3 Å². The molecule has 2 aromatic heterocycles. The Hall–Kier alpha value is -3.88. The standard InChI is InChI=1S/C30H39N7O4/c1-20(2)36-11-6-10-26(36)29(39)35(3)18-23-14-22-8-5-12-37(28(22)33-25(23)19-38)30(40)34-27-15-21(9-7-13-41-4)24(16-31)17-32-27/h14-15,17,19-20,26H,5-13,18H2,1-4H3,(H,32,34,40)/t26-/m1/s1. The zero-order valence-corrected chi connectivity index (χ0v) is 24.4. The first kappa shape index (κ1) is 30.1. The monoisotopic (exact) mass is 561 g/mol.